The molecule has 2 rings (SSSR count). The summed E-state index contributed by atoms with van der Waals surface area (Å²) in [6.07, 6.45) is 0. The van der Waals surface area contributed by atoms with Crippen molar-refractivity contribution in [3.8, 4) is 0 Å². The summed E-state index contributed by atoms with van der Waals surface area (Å²) in [7, 11) is 0. The first kappa shape index (κ1) is 14.9. The molecule has 1 aromatic heterocycles. The van der Waals surface area contributed by atoms with Crippen molar-refractivity contribution in [1.82, 2.24) is 9.97 Å². The van der Waals surface area contributed by atoms with E-state index in [1.54, 1.807) is 0 Å². The quantitative estimate of drug-likeness (QED) is 0.411. The van der Waals surface area contributed by atoms with E-state index >= 15 is 0 Å². The van der Waals surface area contributed by atoms with Gasteiger partial charge in [-0.3, -0.25) is 9.59 Å². The molecule has 2 aromatic rings. The number of aromatic nitrogens is 2. The van der Waals surface area contributed by atoms with Crippen LogP contribution in [0.1, 0.15) is 0 Å². The predicted molar refractivity (Wildman–Crippen MR) is 87.8 cm³/mol. The zero-order valence-electron chi connectivity index (χ0n) is 10.2. The smallest absolute Gasteiger partial charge is 0.253 e. The molecule has 0 saturated heterocycles. The molecule has 0 bridgehead atoms. The summed E-state index contributed by atoms with van der Waals surface area (Å²) >= 11 is 3.31. The number of nitrogens with zero attached hydrogens (tertiary/aromatic N) is 1. The third kappa shape index (κ3) is 4.53. The van der Waals surface area contributed by atoms with Crippen molar-refractivity contribution in [2.45, 2.75) is 5.16 Å². The van der Waals surface area contributed by atoms with E-state index in [2.05, 4.69) is 37.9 Å². The second-order valence-corrected chi connectivity index (χ2v) is 6.03. The van der Waals surface area contributed by atoms with Crippen LogP contribution in [-0.4, -0.2) is 21.6 Å². The summed E-state index contributed by atoms with van der Waals surface area (Å²) in [5.74, 6) is 0.0915. The van der Waals surface area contributed by atoms with Gasteiger partial charge in [-0.05, 0) is 46.9 Å². The van der Waals surface area contributed by atoms with Crippen molar-refractivity contribution < 1.29 is 4.79 Å². The van der Waals surface area contributed by atoms with E-state index in [1.807, 2.05) is 24.3 Å². The monoisotopic (exact) mass is 402 g/mol. The van der Waals surface area contributed by atoms with Crippen LogP contribution in [-0.2, 0) is 4.79 Å². The minimum absolute atomic E-state index is 0.134. The Kier molecular flexibility index (Phi) is 5.01. The first-order valence-corrected chi connectivity index (χ1v) is 7.64. The third-order valence-corrected chi connectivity index (χ3v) is 3.80. The van der Waals surface area contributed by atoms with Crippen molar-refractivity contribution in [3.05, 3.63) is 44.3 Å². The van der Waals surface area contributed by atoms with E-state index in [9.17, 15) is 9.59 Å². The molecule has 0 unspecified atom stereocenters. The van der Waals surface area contributed by atoms with Crippen LogP contribution in [0.15, 0.2) is 40.3 Å². The fraction of sp³-hybridized carbons (Fsp3) is 0.0833. The Bertz CT molecular complexity index is 672. The maximum atomic E-state index is 11.8. The second kappa shape index (κ2) is 6.75. The highest BCUT2D eigenvalue weighted by molar-refractivity contribution is 14.1. The number of nitrogen functional groups attached to an aromatic ring is 1. The molecule has 1 heterocycles. The minimum Gasteiger partial charge on any atom is -0.383 e. The predicted octanol–water partition coefficient (Wildman–Crippen LogP) is 1.69. The summed E-state index contributed by atoms with van der Waals surface area (Å²) in [6, 6.07) is 8.64. The Hall–Kier alpha value is -1.55. The Balaban J connectivity index is 1.92. The average molecular weight is 402 g/mol. The molecule has 0 radical (unpaired) electrons. The summed E-state index contributed by atoms with van der Waals surface area (Å²) in [5.41, 5.74) is 5.85. The van der Waals surface area contributed by atoms with E-state index in [0.717, 1.165) is 21.0 Å². The Morgan fingerprint density at radius 3 is 2.75 bits per heavy atom. The number of hydrogen-bond acceptors (Lipinski definition) is 5. The lowest BCUT2D eigenvalue weighted by Gasteiger charge is -2.05. The van der Waals surface area contributed by atoms with Crippen LogP contribution in [0.25, 0.3) is 0 Å². The van der Waals surface area contributed by atoms with Gasteiger partial charge in [0.15, 0.2) is 5.16 Å². The molecule has 0 spiro atoms. The number of nitrogens with two attached hydrogens (primary N) is 1. The largest absolute Gasteiger partial charge is 0.383 e. The number of carbonyl (C=O) groups excluding carboxylic acids is 1. The van der Waals surface area contributed by atoms with Crippen LogP contribution in [0.4, 0.5) is 11.5 Å². The molecular weight excluding hydrogens is 391 g/mol. The summed E-state index contributed by atoms with van der Waals surface area (Å²) in [4.78, 5) is 29.4. The van der Waals surface area contributed by atoms with Gasteiger partial charge in [0.25, 0.3) is 5.56 Å². The molecule has 1 aromatic carbocycles. The van der Waals surface area contributed by atoms with Crippen molar-refractivity contribution in [2.24, 2.45) is 0 Å². The molecule has 0 fully saturated rings. The van der Waals surface area contributed by atoms with Gasteiger partial charge in [-0.15, -0.1) is 0 Å². The van der Waals surface area contributed by atoms with Crippen molar-refractivity contribution >= 4 is 51.8 Å². The van der Waals surface area contributed by atoms with Gasteiger partial charge in [0, 0.05) is 15.3 Å². The van der Waals surface area contributed by atoms with E-state index < -0.39 is 0 Å². The van der Waals surface area contributed by atoms with Crippen LogP contribution in [0, 0.1) is 3.57 Å². The van der Waals surface area contributed by atoms with Crippen LogP contribution in [0.3, 0.4) is 0 Å². The van der Waals surface area contributed by atoms with Gasteiger partial charge in [-0.2, -0.15) is 0 Å². The molecule has 20 heavy (non-hydrogen) atoms. The number of rotatable bonds is 4. The number of H-pyrrole nitrogens is 1. The average Bonchev–Trinajstić information content (AvgIpc) is 2.38. The van der Waals surface area contributed by atoms with E-state index in [1.165, 1.54) is 6.07 Å². The maximum Gasteiger partial charge on any atom is 0.253 e. The molecule has 0 saturated carbocycles. The van der Waals surface area contributed by atoms with Gasteiger partial charge in [0.05, 0.1) is 5.75 Å². The second-order valence-electron chi connectivity index (χ2n) is 3.82. The normalized spacial score (nSPS) is 10.2. The Labute approximate surface area is 132 Å². The van der Waals surface area contributed by atoms with E-state index in [4.69, 9.17) is 5.73 Å². The van der Waals surface area contributed by atoms with Crippen molar-refractivity contribution in [1.29, 1.82) is 0 Å². The molecule has 0 aliphatic carbocycles. The number of benzene rings is 1. The molecule has 4 N–H and O–H groups in total. The minimum atomic E-state index is -0.335. The van der Waals surface area contributed by atoms with E-state index in [-0.39, 0.29) is 23.0 Å². The third-order valence-electron chi connectivity index (χ3n) is 2.21. The fourth-order valence-corrected chi connectivity index (χ4v) is 2.43. The maximum absolute atomic E-state index is 11.8. The highest BCUT2D eigenvalue weighted by atomic mass is 127. The number of hydrogen-bond donors (Lipinski definition) is 3. The number of nitrogens with one attached hydrogen (secondary N) is 2. The highest BCUT2D eigenvalue weighted by Gasteiger charge is 2.06. The lowest BCUT2D eigenvalue weighted by Crippen LogP contribution is -2.15. The topological polar surface area (TPSA) is 101 Å². The zero-order chi connectivity index (χ0) is 14.5. The Morgan fingerprint density at radius 1 is 1.40 bits per heavy atom. The first-order chi connectivity index (χ1) is 9.52. The van der Waals surface area contributed by atoms with Gasteiger partial charge in [0.2, 0.25) is 5.91 Å². The van der Waals surface area contributed by atoms with Gasteiger partial charge >= 0.3 is 0 Å². The van der Waals surface area contributed by atoms with Crippen molar-refractivity contribution in [3.63, 3.8) is 0 Å². The first-order valence-electron chi connectivity index (χ1n) is 5.58. The number of thioether (sulfide) groups is 1. The Morgan fingerprint density at radius 2 is 2.10 bits per heavy atom. The summed E-state index contributed by atoms with van der Waals surface area (Å²) in [6.45, 7) is 0. The van der Waals surface area contributed by atoms with Crippen LogP contribution in [0.5, 0.6) is 0 Å². The summed E-state index contributed by atoms with van der Waals surface area (Å²) < 4.78 is 1.09. The van der Waals surface area contributed by atoms with E-state index in [0.29, 0.717) is 5.16 Å². The molecule has 0 atom stereocenters. The molecule has 6 nitrogen and oxygen atoms in total. The fourth-order valence-electron chi connectivity index (χ4n) is 1.39. The van der Waals surface area contributed by atoms with Gasteiger partial charge in [0.1, 0.15) is 5.82 Å². The van der Waals surface area contributed by atoms with Gasteiger partial charge in [-0.25, -0.2) is 4.98 Å². The molecule has 0 aliphatic heterocycles. The molecule has 1 amide bonds. The molecule has 0 aliphatic rings. The standard InChI is InChI=1S/C12H11IN4O2S/c13-7-1-3-8(4-2-7)15-11(19)6-20-12-16-9(14)5-10(18)17-12/h1-5H,6H2,(H,15,19)(H3,14,16,17,18). The lowest BCUT2D eigenvalue weighted by molar-refractivity contribution is -0.113. The number of anilines is 2. The molecule has 8 heteroatoms. The highest BCUT2D eigenvalue weighted by Crippen LogP contribution is 2.14. The molecule has 104 valence electrons. The SMILES string of the molecule is Nc1cc(=O)[nH]c(SCC(=O)Nc2ccc(I)cc2)n1. The number of carbonyl (C=O) groups is 1. The van der Waals surface area contributed by atoms with Gasteiger partial charge < -0.3 is 16.0 Å². The zero-order valence-corrected chi connectivity index (χ0v) is 13.2. The van der Waals surface area contributed by atoms with Crippen LogP contribution < -0.4 is 16.6 Å². The molecular formula is C12H11IN4O2S. The van der Waals surface area contributed by atoms with Gasteiger partial charge in [-0.1, -0.05) is 11.8 Å². The number of halogens is 1. The number of amides is 1. The summed E-state index contributed by atoms with van der Waals surface area (Å²) in [5, 5.41) is 3.08. The number of aromatic amines is 1. The van der Waals surface area contributed by atoms with Crippen molar-refractivity contribution in [2.75, 3.05) is 16.8 Å². The van der Waals surface area contributed by atoms with Crippen LogP contribution >= 0.6 is 34.4 Å². The van der Waals surface area contributed by atoms with Crippen LogP contribution in [0.2, 0.25) is 0 Å². The lowest BCUT2D eigenvalue weighted by atomic mass is 10.3.